The first kappa shape index (κ1) is 56.2. The van der Waals surface area contributed by atoms with Crippen molar-refractivity contribution in [2.75, 3.05) is 19.7 Å². The van der Waals surface area contributed by atoms with Gasteiger partial charge in [0.2, 0.25) is 41.4 Å². The Morgan fingerprint density at radius 3 is 2.25 bits per heavy atom. The standard InChI is InChI=1S/C53H65N15O11/c54-16-4-8-29-25-12-13-31-32(23-61-37(31)19-25)45-44(68-48(73)36(14-15-41(56)70)63-46(71)33(55)18-26-22-62-42-30(26)7-3-11-40(42)79-45)51(76)66-39(24-69)49(74)67-43(29)50(75)64-35(10-5-17-59-53(57)58)47(72)65-38(52(77)78)20-27-21-60-34-9-2-1-6-28(27)34/h1-3,6-7,9,11-13,19,21-23,29,33,35-36,38-39,43-45,60-62,69H,4-5,8,10,14-18,20,24,54-55H2,(H2,56,70)(H,63,71)(H,64,75)(H,65,72)(H,66,76)(H,67,74)(H,68,73)(H,77,78)(H4,57,58,59)/t29-,33-,35-,36-,38-,39-,43-,44-,45+/m0/s1. The Hall–Kier alpha value is -9.01. The fourth-order valence-corrected chi connectivity index (χ4v) is 10.2. The summed E-state index contributed by atoms with van der Waals surface area (Å²) in [5, 5.41) is 39.0. The van der Waals surface area contributed by atoms with Gasteiger partial charge in [0.25, 0.3) is 0 Å². The molecular weight excluding hydrogens is 1020 g/mol. The lowest BCUT2D eigenvalue weighted by atomic mass is 9.85. The van der Waals surface area contributed by atoms with Crippen LogP contribution in [0, 0.1) is 0 Å². The van der Waals surface area contributed by atoms with Crippen molar-refractivity contribution in [2.24, 2.45) is 33.7 Å². The Morgan fingerprint density at radius 1 is 0.759 bits per heavy atom. The number of ether oxygens (including phenoxy) is 1. The number of hydrogen-bond donors (Lipinski definition) is 16. The number of nitrogens with two attached hydrogens (primary N) is 5. The molecule has 0 fully saturated rings. The van der Waals surface area contributed by atoms with Crippen LogP contribution in [-0.4, -0.2) is 140 Å². The van der Waals surface area contributed by atoms with E-state index >= 15 is 9.59 Å². The molecule has 0 spiro atoms. The highest BCUT2D eigenvalue weighted by molar-refractivity contribution is 5.99. The normalized spacial score (nSPS) is 21.6. The van der Waals surface area contributed by atoms with E-state index in [9.17, 15) is 39.0 Å². The summed E-state index contributed by atoms with van der Waals surface area (Å²) >= 11 is 0. The average Bonchev–Trinajstić information content (AvgIpc) is 4.28. The Morgan fingerprint density at radius 2 is 1.51 bits per heavy atom. The maximum atomic E-state index is 15.1. The number of fused-ring (bicyclic) bond motifs is 8. The number of hydrogen-bond acceptors (Lipinski definition) is 13. The molecule has 3 aliphatic rings. The van der Waals surface area contributed by atoms with Crippen LogP contribution in [0.15, 0.2) is 84.2 Å². The maximum Gasteiger partial charge on any atom is 0.326 e. The van der Waals surface area contributed by atoms with E-state index in [1.807, 2.05) is 18.2 Å². The number of para-hydroxylation sites is 2. The van der Waals surface area contributed by atoms with Crippen LogP contribution in [0.25, 0.3) is 32.7 Å². The second-order valence-corrected chi connectivity index (χ2v) is 19.7. The number of aliphatic hydroxyl groups excluding tert-OH is 1. The first-order chi connectivity index (χ1) is 37.9. The van der Waals surface area contributed by atoms with Crippen LogP contribution in [-0.2, 0) is 51.2 Å². The number of carboxylic acid groups (broad SMARTS) is 1. The van der Waals surface area contributed by atoms with Crippen LogP contribution in [0.5, 0.6) is 5.75 Å². The highest BCUT2D eigenvalue weighted by atomic mass is 16.5. The first-order valence-electron chi connectivity index (χ1n) is 25.8. The lowest BCUT2D eigenvalue weighted by Crippen LogP contribution is -2.62. The Balaban J connectivity index is 1.20. The Kier molecular flexibility index (Phi) is 17.8. The molecule has 0 aliphatic carbocycles. The first-order valence-corrected chi connectivity index (χ1v) is 25.8. The van der Waals surface area contributed by atoms with Gasteiger partial charge in [-0.2, -0.15) is 0 Å². The smallest absolute Gasteiger partial charge is 0.326 e. The molecule has 8 bridgehead atoms. The number of aliphatic imine (C=N–C) groups is 1. The Bertz CT molecular complexity index is 3290. The molecule has 79 heavy (non-hydrogen) atoms. The van der Waals surface area contributed by atoms with E-state index in [1.54, 1.807) is 61.1 Å². The highest BCUT2D eigenvalue weighted by Crippen LogP contribution is 2.37. The molecule has 0 unspecified atom stereocenters. The van der Waals surface area contributed by atoms with Gasteiger partial charge >= 0.3 is 5.97 Å². The number of guanidine groups is 1. The summed E-state index contributed by atoms with van der Waals surface area (Å²) in [6, 6.07) is 6.80. The summed E-state index contributed by atoms with van der Waals surface area (Å²) in [6.45, 7) is -0.856. The minimum Gasteiger partial charge on any atom is -0.481 e. The maximum absolute atomic E-state index is 15.1. The molecule has 0 saturated carbocycles. The predicted molar refractivity (Wildman–Crippen MR) is 289 cm³/mol. The van der Waals surface area contributed by atoms with Gasteiger partial charge in [0.15, 0.2) is 12.1 Å². The molecule has 26 nitrogen and oxygen atoms in total. The number of rotatable bonds is 18. The number of aliphatic hydroxyl groups is 1. The van der Waals surface area contributed by atoms with Crippen molar-refractivity contribution in [2.45, 2.75) is 106 Å². The lowest BCUT2D eigenvalue weighted by Gasteiger charge is -2.33. The number of carboxylic acids is 1. The van der Waals surface area contributed by atoms with E-state index in [4.69, 9.17) is 33.4 Å². The van der Waals surface area contributed by atoms with E-state index in [0.717, 1.165) is 10.9 Å². The van der Waals surface area contributed by atoms with Crippen molar-refractivity contribution >= 4 is 86.0 Å². The third kappa shape index (κ3) is 13.1. The van der Waals surface area contributed by atoms with Gasteiger partial charge in [-0.25, -0.2) is 4.79 Å². The molecule has 0 radical (unpaired) electrons. The molecule has 418 valence electrons. The molecule has 0 saturated heterocycles. The molecular formula is C53H65N15O11. The molecule has 21 N–H and O–H groups in total. The second kappa shape index (κ2) is 25.0. The van der Waals surface area contributed by atoms with E-state index in [2.05, 4.69) is 51.8 Å². The highest BCUT2D eigenvalue weighted by Gasteiger charge is 2.42. The minimum atomic E-state index is -1.82. The zero-order valence-corrected chi connectivity index (χ0v) is 42.9. The minimum absolute atomic E-state index is 0.0295. The van der Waals surface area contributed by atoms with Crippen LogP contribution in [0.3, 0.4) is 0 Å². The largest absolute Gasteiger partial charge is 0.481 e. The van der Waals surface area contributed by atoms with E-state index in [-0.39, 0.29) is 69.7 Å². The predicted octanol–water partition coefficient (Wildman–Crippen LogP) is -1.48. The van der Waals surface area contributed by atoms with Crippen molar-refractivity contribution in [3.05, 3.63) is 102 Å². The van der Waals surface area contributed by atoms with Crippen LogP contribution < -0.4 is 65.3 Å². The van der Waals surface area contributed by atoms with Gasteiger partial charge in [-0.1, -0.05) is 42.5 Å². The molecule has 26 heteroatoms. The number of amides is 7. The van der Waals surface area contributed by atoms with Crippen molar-refractivity contribution in [3.63, 3.8) is 0 Å². The van der Waals surface area contributed by atoms with Gasteiger partial charge in [-0.15, -0.1) is 0 Å². The van der Waals surface area contributed by atoms with Crippen LogP contribution in [0.4, 0.5) is 0 Å². The number of benzene rings is 3. The van der Waals surface area contributed by atoms with Crippen molar-refractivity contribution in [1.82, 2.24) is 46.9 Å². The SMILES string of the molecule is NCCC[C@H]1c2ccc3c(c[nH]c3c2)[C@H]2Oc3cccc4c(c[nH]c34)C[C@H](N)C(=O)N[C@@H](CCC(N)=O)C(=O)N[C@@H]2C(=O)N[C@@H](CO)C(=O)N[C@@H]1C(=O)N[C@@H](CCCN=C(N)N)C(=O)N[C@@H](Cc1c[nH]c2ccccc12)C(=O)O. The fourth-order valence-electron chi connectivity index (χ4n) is 10.2. The van der Waals surface area contributed by atoms with Gasteiger partial charge in [0.05, 0.1) is 18.2 Å². The summed E-state index contributed by atoms with van der Waals surface area (Å²) in [6.07, 6.45) is 3.22. The lowest BCUT2D eigenvalue weighted by molar-refractivity contribution is -0.142. The molecule has 6 aromatic rings. The average molecular weight is 1090 g/mol. The third-order valence-corrected chi connectivity index (χ3v) is 14.3. The molecule has 3 aliphatic heterocycles. The second-order valence-electron chi connectivity index (χ2n) is 19.7. The third-order valence-electron chi connectivity index (χ3n) is 14.3. The quantitative estimate of drug-likeness (QED) is 0.0265. The summed E-state index contributed by atoms with van der Waals surface area (Å²) in [4.78, 5) is 126. The number of carbonyl (C=O) groups is 8. The molecule has 6 heterocycles. The van der Waals surface area contributed by atoms with Gasteiger partial charge in [0.1, 0.15) is 42.0 Å². The zero-order valence-electron chi connectivity index (χ0n) is 42.9. The molecule has 9 rings (SSSR count). The number of aromatic amines is 3. The zero-order chi connectivity index (χ0) is 56.5. The molecule has 3 aromatic carbocycles. The number of aromatic nitrogens is 3. The molecule has 3 aromatic heterocycles. The summed E-state index contributed by atoms with van der Waals surface area (Å²) in [5.41, 5.74) is 32.8. The number of H-pyrrole nitrogens is 3. The monoisotopic (exact) mass is 1090 g/mol. The number of primary amides is 1. The van der Waals surface area contributed by atoms with E-state index in [1.165, 1.54) is 0 Å². The van der Waals surface area contributed by atoms with Crippen LogP contribution in [0.1, 0.15) is 72.8 Å². The van der Waals surface area contributed by atoms with Gasteiger partial charge in [-0.3, -0.25) is 38.6 Å². The topological polar surface area (TPSA) is 448 Å². The number of nitrogens with zero attached hydrogens (tertiary/aromatic N) is 1. The number of carbonyl (C=O) groups excluding carboxylic acids is 7. The van der Waals surface area contributed by atoms with Crippen molar-refractivity contribution < 1.29 is 53.3 Å². The summed E-state index contributed by atoms with van der Waals surface area (Å²) in [5.74, 6) is -8.65. The van der Waals surface area contributed by atoms with Crippen LogP contribution in [0.2, 0.25) is 0 Å². The van der Waals surface area contributed by atoms with Gasteiger partial charge in [-0.05, 0) is 80.0 Å². The van der Waals surface area contributed by atoms with Crippen molar-refractivity contribution in [1.29, 1.82) is 0 Å². The Labute approximate surface area is 451 Å². The van der Waals surface area contributed by atoms with E-state index in [0.29, 0.717) is 50.5 Å². The summed E-state index contributed by atoms with van der Waals surface area (Å²) in [7, 11) is 0. The van der Waals surface area contributed by atoms with Crippen molar-refractivity contribution in [3.8, 4) is 5.75 Å². The van der Waals surface area contributed by atoms with Gasteiger partial charge in [0, 0.05) is 76.7 Å². The van der Waals surface area contributed by atoms with Gasteiger partial charge < -0.3 is 90.5 Å². The summed E-state index contributed by atoms with van der Waals surface area (Å²) < 4.78 is 6.82. The number of aliphatic carboxylic acids is 1. The van der Waals surface area contributed by atoms with E-state index < -0.39 is 108 Å². The number of nitrogens with one attached hydrogen (secondary N) is 9. The molecule has 9 atom stereocenters. The van der Waals surface area contributed by atoms with Crippen LogP contribution >= 0.6 is 0 Å². The molecule has 7 amide bonds. The fraction of sp³-hybridized carbons (Fsp3) is 0.377.